The average Bonchev–Trinajstić information content (AvgIpc) is 2.47. The minimum absolute atomic E-state index is 0.281. The van der Waals surface area contributed by atoms with Crippen LogP contribution in [0.2, 0.25) is 5.02 Å². The largest absolute Gasteiger partial charge is 0.490 e. The molecule has 0 aliphatic heterocycles. The van der Waals surface area contributed by atoms with Crippen LogP contribution in [-0.2, 0) is 0 Å². The van der Waals surface area contributed by atoms with Crippen LogP contribution < -0.4 is 15.4 Å². The fourth-order valence-corrected chi connectivity index (χ4v) is 2.36. The van der Waals surface area contributed by atoms with Gasteiger partial charge in [-0.15, -0.1) is 0 Å². The zero-order valence-electron chi connectivity index (χ0n) is 12.0. The number of carbonyl (C=O) groups is 1. The minimum Gasteiger partial charge on any atom is -0.490 e. The van der Waals surface area contributed by atoms with Crippen molar-refractivity contribution < 1.29 is 9.53 Å². The van der Waals surface area contributed by atoms with Crippen LogP contribution in [-0.4, -0.2) is 19.2 Å². The molecule has 0 spiro atoms. The predicted molar refractivity (Wildman–Crippen MR) is 92.8 cm³/mol. The Morgan fingerprint density at radius 3 is 2.86 bits per heavy atom. The Hall–Kier alpha value is -1.72. The Bertz CT molecular complexity index is 664. The number of urea groups is 1. The number of carbonyl (C=O) groups excluding carboxylic acids is 1. The number of rotatable bonds is 5. The number of halogens is 2. The van der Waals surface area contributed by atoms with Gasteiger partial charge in [-0.3, -0.25) is 0 Å². The molecule has 2 rings (SSSR count). The second-order valence-electron chi connectivity index (χ2n) is 4.67. The highest BCUT2D eigenvalue weighted by Gasteiger charge is 2.04. The van der Waals surface area contributed by atoms with Gasteiger partial charge in [0.2, 0.25) is 0 Å². The van der Waals surface area contributed by atoms with Crippen molar-refractivity contribution >= 4 is 39.2 Å². The highest BCUT2D eigenvalue weighted by Crippen LogP contribution is 2.24. The summed E-state index contributed by atoms with van der Waals surface area (Å²) in [5, 5.41) is 6.02. The lowest BCUT2D eigenvalue weighted by Crippen LogP contribution is -2.32. The summed E-state index contributed by atoms with van der Waals surface area (Å²) in [6.45, 7) is 2.69. The second kappa shape index (κ2) is 8.06. The van der Waals surface area contributed by atoms with E-state index in [1.165, 1.54) is 0 Å². The topological polar surface area (TPSA) is 50.4 Å². The molecule has 2 N–H and O–H groups in total. The van der Waals surface area contributed by atoms with E-state index in [4.69, 9.17) is 16.3 Å². The number of anilines is 1. The lowest BCUT2D eigenvalue weighted by atomic mass is 10.2. The highest BCUT2D eigenvalue weighted by atomic mass is 79.9. The van der Waals surface area contributed by atoms with E-state index >= 15 is 0 Å². The summed E-state index contributed by atoms with van der Waals surface area (Å²) in [5.74, 6) is 0.621. The van der Waals surface area contributed by atoms with E-state index in [1.807, 2.05) is 43.3 Å². The number of benzene rings is 2. The molecule has 0 bridgehead atoms. The monoisotopic (exact) mass is 382 g/mol. The summed E-state index contributed by atoms with van der Waals surface area (Å²) in [6.07, 6.45) is 0. The Labute approximate surface area is 142 Å². The third kappa shape index (κ3) is 5.24. The number of hydrogen-bond acceptors (Lipinski definition) is 2. The molecule has 116 valence electrons. The van der Waals surface area contributed by atoms with E-state index in [2.05, 4.69) is 26.6 Å². The van der Waals surface area contributed by atoms with E-state index in [9.17, 15) is 4.79 Å². The summed E-state index contributed by atoms with van der Waals surface area (Å²) >= 11 is 9.38. The molecule has 0 heterocycles. The van der Waals surface area contributed by atoms with Gasteiger partial charge in [0.1, 0.15) is 12.4 Å². The quantitative estimate of drug-likeness (QED) is 0.741. The first kappa shape index (κ1) is 16.6. The lowest BCUT2D eigenvalue weighted by molar-refractivity contribution is 0.247. The molecule has 0 radical (unpaired) electrons. The number of aryl methyl sites for hydroxylation is 1. The van der Waals surface area contributed by atoms with Crippen molar-refractivity contribution in [3.05, 3.63) is 57.5 Å². The van der Waals surface area contributed by atoms with E-state index in [0.29, 0.717) is 23.9 Å². The maximum Gasteiger partial charge on any atom is 0.319 e. The molecule has 2 aromatic rings. The maximum atomic E-state index is 11.7. The first-order valence-corrected chi connectivity index (χ1v) is 7.91. The molecule has 4 nitrogen and oxygen atoms in total. The molecule has 6 heteroatoms. The SMILES string of the molecule is Cc1ccc(Cl)c(OCCNC(=O)Nc2cccc(Br)c2)c1. The number of amides is 2. The van der Waals surface area contributed by atoms with Gasteiger partial charge < -0.3 is 15.4 Å². The molecule has 0 unspecified atom stereocenters. The molecule has 2 amide bonds. The van der Waals surface area contributed by atoms with Crippen molar-refractivity contribution in [3.63, 3.8) is 0 Å². The molecule has 22 heavy (non-hydrogen) atoms. The van der Waals surface area contributed by atoms with E-state index < -0.39 is 0 Å². The molecule has 0 saturated carbocycles. The summed E-state index contributed by atoms with van der Waals surface area (Å²) < 4.78 is 6.46. The Balaban J connectivity index is 1.74. The van der Waals surface area contributed by atoms with Crippen molar-refractivity contribution in [3.8, 4) is 5.75 Å². The van der Waals surface area contributed by atoms with Crippen molar-refractivity contribution in [2.75, 3.05) is 18.5 Å². The van der Waals surface area contributed by atoms with Crippen LogP contribution in [0.1, 0.15) is 5.56 Å². The minimum atomic E-state index is -0.281. The molecule has 0 fully saturated rings. The van der Waals surface area contributed by atoms with Gasteiger partial charge in [-0.25, -0.2) is 4.79 Å². The van der Waals surface area contributed by atoms with E-state index in [1.54, 1.807) is 6.07 Å². The predicted octanol–water partition coefficient (Wildman–Crippen LogP) is 4.61. The summed E-state index contributed by atoms with van der Waals surface area (Å²) in [7, 11) is 0. The summed E-state index contributed by atoms with van der Waals surface area (Å²) in [5.41, 5.74) is 1.79. The van der Waals surface area contributed by atoms with Crippen molar-refractivity contribution in [1.29, 1.82) is 0 Å². The highest BCUT2D eigenvalue weighted by molar-refractivity contribution is 9.10. The zero-order chi connectivity index (χ0) is 15.9. The van der Waals surface area contributed by atoms with Crippen LogP contribution in [0.25, 0.3) is 0 Å². The Morgan fingerprint density at radius 1 is 1.27 bits per heavy atom. The van der Waals surface area contributed by atoms with Gasteiger partial charge in [-0.2, -0.15) is 0 Å². The van der Waals surface area contributed by atoms with Gasteiger partial charge in [-0.05, 0) is 42.8 Å². The fraction of sp³-hybridized carbons (Fsp3) is 0.188. The van der Waals surface area contributed by atoms with Gasteiger partial charge in [0, 0.05) is 10.2 Å². The first-order chi connectivity index (χ1) is 10.5. The summed E-state index contributed by atoms with van der Waals surface area (Å²) in [4.78, 5) is 11.7. The zero-order valence-corrected chi connectivity index (χ0v) is 14.4. The Kier molecular flexibility index (Phi) is 6.10. The van der Waals surface area contributed by atoms with E-state index in [-0.39, 0.29) is 6.03 Å². The van der Waals surface area contributed by atoms with Crippen molar-refractivity contribution in [1.82, 2.24) is 5.32 Å². The van der Waals surface area contributed by atoms with Crippen LogP contribution in [0.4, 0.5) is 10.5 Å². The van der Waals surface area contributed by atoms with Crippen LogP contribution in [0.5, 0.6) is 5.75 Å². The average molecular weight is 384 g/mol. The number of hydrogen-bond donors (Lipinski definition) is 2. The fourth-order valence-electron chi connectivity index (χ4n) is 1.79. The third-order valence-corrected chi connectivity index (χ3v) is 3.62. The van der Waals surface area contributed by atoms with Gasteiger partial charge in [0.25, 0.3) is 0 Å². The van der Waals surface area contributed by atoms with Crippen LogP contribution >= 0.6 is 27.5 Å². The second-order valence-corrected chi connectivity index (χ2v) is 6.00. The van der Waals surface area contributed by atoms with Gasteiger partial charge in [0.05, 0.1) is 11.6 Å². The lowest BCUT2D eigenvalue weighted by Gasteiger charge is -2.10. The Morgan fingerprint density at radius 2 is 2.09 bits per heavy atom. The van der Waals surface area contributed by atoms with Gasteiger partial charge in [0.15, 0.2) is 0 Å². The maximum absolute atomic E-state index is 11.7. The van der Waals surface area contributed by atoms with Gasteiger partial charge >= 0.3 is 6.03 Å². The standard InChI is InChI=1S/C16H16BrClN2O2/c1-11-5-6-14(18)15(9-11)22-8-7-19-16(21)20-13-4-2-3-12(17)10-13/h2-6,9-10H,7-8H2,1H3,(H2,19,20,21). The molecule has 0 atom stereocenters. The van der Waals surface area contributed by atoms with Crippen molar-refractivity contribution in [2.24, 2.45) is 0 Å². The van der Waals surface area contributed by atoms with Crippen LogP contribution in [0, 0.1) is 6.92 Å². The van der Waals surface area contributed by atoms with Crippen molar-refractivity contribution in [2.45, 2.75) is 6.92 Å². The summed E-state index contributed by atoms with van der Waals surface area (Å²) in [6, 6.07) is 12.7. The molecule has 0 saturated heterocycles. The molecule has 2 aromatic carbocycles. The number of nitrogens with one attached hydrogen (secondary N) is 2. The number of ether oxygens (including phenoxy) is 1. The molecule has 0 aliphatic carbocycles. The third-order valence-electron chi connectivity index (χ3n) is 2.81. The first-order valence-electron chi connectivity index (χ1n) is 6.74. The normalized spacial score (nSPS) is 10.1. The molecule has 0 aliphatic rings. The smallest absolute Gasteiger partial charge is 0.319 e. The molecular formula is C16H16BrClN2O2. The molecule has 0 aromatic heterocycles. The van der Waals surface area contributed by atoms with Gasteiger partial charge in [-0.1, -0.05) is 39.7 Å². The van der Waals surface area contributed by atoms with Crippen LogP contribution in [0.3, 0.4) is 0 Å². The molecular weight excluding hydrogens is 368 g/mol. The van der Waals surface area contributed by atoms with E-state index in [0.717, 1.165) is 15.7 Å². The van der Waals surface area contributed by atoms with Crippen LogP contribution in [0.15, 0.2) is 46.9 Å².